The summed E-state index contributed by atoms with van der Waals surface area (Å²) in [5.74, 6) is -0.825. The molecule has 1 atom stereocenters. The van der Waals surface area contributed by atoms with Crippen molar-refractivity contribution >= 4 is 0 Å². The first-order valence-electron chi connectivity index (χ1n) is 12.6. The molecule has 0 amide bonds. The largest absolute Gasteiger partial charge is 0.502 e. The van der Waals surface area contributed by atoms with Crippen molar-refractivity contribution in [2.45, 2.75) is 144 Å². The number of ether oxygens (including phenoxy) is 4. The molecule has 30 heavy (non-hydrogen) atoms. The van der Waals surface area contributed by atoms with Gasteiger partial charge in [-0.15, -0.1) is 0 Å². The van der Waals surface area contributed by atoms with Crippen molar-refractivity contribution in [2.75, 3.05) is 6.61 Å². The quantitative estimate of drug-likeness (QED) is 0.112. The molecule has 0 saturated carbocycles. The molecule has 0 N–H and O–H groups in total. The molecule has 0 aromatic rings. The van der Waals surface area contributed by atoms with E-state index in [1.165, 1.54) is 38.5 Å². The minimum absolute atomic E-state index is 0.0262. The highest BCUT2D eigenvalue weighted by atomic mass is 16.9. The van der Waals surface area contributed by atoms with Crippen LogP contribution in [0.15, 0.2) is 12.3 Å². The minimum atomic E-state index is -1.00. The molecular weight excluding hydrogens is 376 g/mol. The molecule has 4 heteroatoms. The van der Waals surface area contributed by atoms with E-state index in [-0.39, 0.29) is 24.2 Å². The van der Waals surface area contributed by atoms with Crippen molar-refractivity contribution in [3.05, 3.63) is 12.3 Å². The van der Waals surface area contributed by atoms with E-state index in [1.54, 1.807) is 0 Å². The van der Waals surface area contributed by atoms with E-state index < -0.39 is 5.97 Å². The number of rotatable bonds is 20. The van der Waals surface area contributed by atoms with Crippen molar-refractivity contribution in [3.63, 3.8) is 0 Å². The van der Waals surface area contributed by atoms with Gasteiger partial charge in [-0.05, 0) is 67.2 Å². The van der Waals surface area contributed by atoms with E-state index in [0.29, 0.717) is 6.61 Å². The Bertz CT molecular complexity index is 377. The van der Waals surface area contributed by atoms with E-state index in [2.05, 4.69) is 55.4 Å². The average molecular weight is 429 g/mol. The predicted octanol–water partition coefficient (Wildman–Crippen LogP) is 8.00. The van der Waals surface area contributed by atoms with E-state index in [4.69, 9.17) is 18.9 Å². The van der Waals surface area contributed by atoms with Gasteiger partial charge in [0.25, 0.3) is 5.97 Å². The van der Waals surface area contributed by atoms with Crippen LogP contribution in [-0.4, -0.2) is 30.9 Å². The summed E-state index contributed by atoms with van der Waals surface area (Å²) in [6, 6.07) is 0. The number of allylic oxidation sites excluding steroid dienone is 1. The van der Waals surface area contributed by atoms with Gasteiger partial charge in [0, 0.05) is 5.92 Å². The molecule has 180 valence electrons. The molecule has 0 fully saturated rings. The second-order valence-corrected chi connectivity index (χ2v) is 9.15. The third-order valence-electron chi connectivity index (χ3n) is 4.85. The summed E-state index contributed by atoms with van der Waals surface area (Å²) in [6.45, 7) is 17.4. The van der Waals surface area contributed by atoms with Crippen LogP contribution in [0.5, 0.6) is 0 Å². The van der Waals surface area contributed by atoms with Gasteiger partial charge in [0.1, 0.15) is 0 Å². The van der Waals surface area contributed by atoms with Crippen LogP contribution in [0, 0.1) is 5.92 Å². The highest BCUT2D eigenvalue weighted by Crippen LogP contribution is 2.37. The summed E-state index contributed by atoms with van der Waals surface area (Å²) >= 11 is 0. The van der Waals surface area contributed by atoms with E-state index in [0.717, 1.165) is 25.7 Å². The Morgan fingerprint density at radius 1 is 0.667 bits per heavy atom. The molecule has 0 aromatic heterocycles. The summed E-state index contributed by atoms with van der Waals surface area (Å²) < 4.78 is 24.9. The van der Waals surface area contributed by atoms with Gasteiger partial charge in [0.2, 0.25) is 0 Å². The maximum absolute atomic E-state index is 6.41. The van der Waals surface area contributed by atoms with Crippen molar-refractivity contribution < 1.29 is 18.9 Å². The zero-order chi connectivity index (χ0) is 22.8. The fraction of sp³-hybridized carbons (Fsp3) is 0.923. The molecule has 0 saturated heterocycles. The second-order valence-electron chi connectivity index (χ2n) is 9.15. The van der Waals surface area contributed by atoms with Gasteiger partial charge in [-0.2, -0.15) is 0 Å². The fourth-order valence-electron chi connectivity index (χ4n) is 3.67. The highest BCUT2D eigenvalue weighted by Gasteiger charge is 2.44. The zero-order valence-corrected chi connectivity index (χ0v) is 21.4. The van der Waals surface area contributed by atoms with Crippen molar-refractivity contribution in [3.8, 4) is 0 Å². The van der Waals surface area contributed by atoms with Gasteiger partial charge in [0.15, 0.2) is 0 Å². The first-order valence-corrected chi connectivity index (χ1v) is 12.6. The van der Waals surface area contributed by atoms with E-state index >= 15 is 0 Å². The van der Waals surface area contributed by atoms with Crippen LogP contribution in [0.1, 0.15) is 120 Å². The van der Waals surface area contributed by atoms with Crippen LogP contribution in [0.3, 0.4) is 0 Å². The molecule has 0 aliphatic heterocycles. The minimum Gasteiger partial charge on any atom is -0.502 e. The lowest BCUT2D eigenvalue weighted by molar-refractivity contribution is -0.433. The molecule has 0 bridgehead atoms. The maximum atomic E-state index is 6.41. The Labute approximate surface area is 188 Å². The Morgan fingerprint density at radius 2 is 1.17 bits per heavy atom. The van der Waals surface area contributed by atoms with Crippen LogP contribution < -0.4 is 0 Å². The standard InChI is InChI=1S/C26H52O4/c1-9-11-13-14-15-16-18-25(19-17-21-27-20-12-10-2)26(28-22(3)4,29-23(5)6)30-24(7)8/h12,20,22-25H,9-11,13-19,21H2,1-8H3. The lowest BCUT2D eigenvalue weighted by atomic mass is 9.92. The average Bonchev–Trinajstić information content (AvgIpc) is 2.63. The highest BCUT2D eigenvalue weighted by molar-refractivity contribution is 4.76. The molecule has 0 aliphatic carbocycles. The van der Waals surface area contributed by atoms with Gasteiger partial charge in [0.05, 0.1) is 31.2 Å². The van der Waals surface area contributed by atoms with E-state index in [1.807, 2.05) is 12.3 Å². The van der Waals surface area contributed by atoms with Crippen molar-refractivity contribution in [2.24, 2.45) is 5.92 Å². The lowest BCUT2D eigenvalue weighted by Gasteiger charge is -2.43. The predicted molar refractivity (Wildman–Crippen MR) is 127 cm³/mol. The SMILES string of the molecule is CCC=COCCCC(CCCCCCCC)C(OC(C)C)(OC(C)C)OC(C)C. The fourth-order valence-corrected chi connectivity index (χ4v) is 3.67. The topological polar surface area (TPSA) is 36.9 Å². The molecular formula is C26H52O4. The second kappa shape index (κ2) is 18.0. The van der Waals surface area contributed by atoms with Crippen LogP contribution >= 0.6 is 0 Å². The van der Waals surface area contributed by atoms with Gasteiger partial charge in [-0.25, -0.2) is 0 Å². The monoisotopic (exact) mass is 428 g/mol. The number of hydrogen-bond donors (Lipinski definition) is 0. The third kappa shape index (κ3) is 14.4. The first kappa shape index (κ1) is 29.4. The summed E-state index contributed by atoms with van der Waals surface area (Å²) in [6.07, 6.45) is 15.6. The molecule has 0 aromatic carbocycles. The molecule has 0 heterocycles. The Kier molecular flexibility index (Phi) is 17.7. The lowest BCUT2D eigenvalue weighted by Crippen LogP contribution is -2.51. The first-order chi connectivity index (χ1) is 14.3. The Morgan fingerprint density at radius 3 is 1.67 bits per heavy atom. The van der Waals surface area contributed by atoms with Crippen molar-refractivity contribution in [1.29, 1.82) is 0 Å². The molecule has 0 rings (SSSR count). The van der Waals surface area contributed by atoms with Gasteiger partial charge in [-0.1, -0.05) is 58.4 Å². The Hall–Kier alpha value is -0.580. The summed E-state index contributed by atoms with van der Waals surface area (Å²) in [5.41, 5.74) is 0. The van der Waals surface area contributed by atoms with Crippen molar-refractivity contribution in [1.82, 2.24) is 0 Å². The van der Waals surface area contributed by atoms with Gasteiger partial charge < -0.3 is 18.9 Å². The third-order valence-corrected chi connectivity index (χ3v) is 4.85. The normalized spacial score (nSPS) is 13.8. The smallest absolute Gasteiger partial charge is 0.286 e. The molecule has 0 aliphatic rings. The number of hydrogen-bond acceptors (Lipinski definition) is 4. The molecule has 1 unspecified atom stereocenters. The number of unbranched alkanes of at least 4 members (excludes halogenated alkanes) is 5. The summed E-state index contributed by atoms with van der Waals surface area (Å²) in [7, 11) is 0. The van der Waals surface area contributed by atoms with Gasteiger partial charge in [-0.3, -0.25) is 0 Å². The molecule has 4 nitrogen and oxygen atoms in total. The molecule has 0 radical (unpaired) electrons. The summed E-state index contributed by atoms with van der Waals surface area (Å²) in [5, 5.41) is 0. The maximum Gasteiger partial charge on any atom is 0.286 e. The van der Waals surface area contributed by atoms with Gasteiger partial charge >= 0.3 is 0 Å². The van der Waals surface area contributed by atoms with Crippen LogP contribution in [0.4, 0.5) is 0 Å². The summed E-state index contributed by atoms with van der Waals surface area (Å²) in [4.78, 5) is 0. The molecule has 0 spiro atoms. The zero-order valence-electron chi connectivity index (χ0n) is 21.4. The Balaban J connectivity index is 5.27. The van der Waals surface area contributed by atoms with Crippen LogP contribution in [0.2, 0.25) is 0 Å². The van der Waals surface area contributed by atoms with Crippen LogP contribution in [0.25, 0.3) is 0 Å². The van der Waals surface area contributed by atoms with E-state index in [9.17, 15) is 0 Å². The van der Waals surface area contributed by atoms with Crippen LogP contribution in [-0.2, 0) is 18.9 Å².